The normalized spacial score (nSPS) is 19.6. The van der Waals surface area contributed by atoms with E-state index >= 15 is 0 Å². The first kappa shape index (κ1) is 31.5. The van der Waals surface area contributed by atoms with E-state index in [1.807, 2.05) is 0 Å². The maximum atomic E-state index is 13.1. The van der Waals surface area contributed by atoms with Crippen molar-refractivity contribution in [3.05, 3.63) is 29.3 Å². The Balaban J connectivity index is 1.05. The zero-order chi connectivity index (χ0) is 29.9. The fourth-order valence-corrected chi connectivity index (χ4v) is 4.97. The van der Waals surface area contributed by atoms with Crippen molar-refractivity contribution in [2.24, 2.45) is 5.73 Å². The number of benzene rings is 1. The topological polar surface area (TPSA) is 179 Å². The Morgan fingerprint density at radius 3 is 2.33 bits per heavy atom. The lowest BCUT2D eigenvalue weighted by Gasteiger charge is -2.29. The van der Waals surface area contributed by atoms with E-state index in [4.69, 9.17) is 24.7 Å². The van der Waals surface area contributed by atoms with Gasteiger partial charge < -0.3 is 34.9 Å². The van der Waals surface area contributed by atoms with E-state index in [2.05, 4.69) is 15.5 Å². The van der Waals surface area contributed by atoms with E-state index in [0.29, 0.717) is 39.1 Å². The van der Waals surface area contributed by atoms with E-state index < -0.39 is 35.6 Å². The van der Waals surface area contributed by atoms with Crippen molar-refractivity contribution >= 4 is 29.5 Å². The number of ether oxygens (including phenoxy) is 4. The summed E-state index contributed by atoms with van der Waals surface area (Å²) in [5.74, 6) is -2.87. The van der Waals surface area contributed by atoms with Gasteiger partial charge in [-0.3, -0.25) is 34.2 Å². The van der Waals surface area contributed by atoms with Gasteiger partial charge >= 0.3 is 0 Å². The zero-order valence-electron chi connectivity index (χ0n) is 23.6. The smallest absolute Gasteiger partial charge is 0.266 e. The van der Waals surface area contributed by atoms with Crippen LogP contribution in [0.25, 0.3) is 0 Å². The van der Waals surface area contributed by atoms with Crippen LogP contribution in [0.1, 0.15) is 46.4 Å². The van der Waals surface area contributed by atoms with Gasteiger partial charge in [0.15, 0.2) is 6.61 Å². The number of nitrogens with one attached hydrogen (secondary N) is 2. The maximum absolute atomic E-state index is 13.1. The number of carbonyl (C=O) groups is 5. The number of nitrogens with two attached hydrogens (primary N) is 1. The molecule has 5 amide bonds. The third-order valence-corrected chi connectivity index (χ3v) is 7.29. The molecule has 4 N–H and O–H groups in total. The van der Waals surface area contributed by atoms with E-state index in [9.17, 15) is 24.0 Å². The molecule has 0 bridgehead atoms. The van der Waals surface area contributed by atoms with Crippen molar-refractivity contribution in [3.63, 3.8) is 0 Å². The highest BCUT2D eigenvalue weighted by Gasteiger charge is 2.46. The number of hydrogen-bond acceptors (Lipinski definition) is 11. The number of fused-ring (bicyclic) bond motifs is 1. The van der Waals surface area contributed by atoms with Crippen LogP contribution < -0.4 is 21.1 Å². The number of piperidine rings is 2. The minimum atomic E-state index is -1.08. The molecule has 3 aliphatic heterocycles. The van der Waals surface area contributed by atoms with E-state index in [1.165, 1.54) is 18.2 Å². The highest BCUT2D eigenvalue weighted by Crippen LogP contribution is 2.33. The minimum Gasteiger partial charge on any atom is -0.483 e. The molecular formula is C28H39N5O9. The number of rotatable bonds is 16. The summed E-state index contributed by atoms with van der Waals surface area (Å²) >= 11 is 0. The average molecular weight is 590 g/mol. The average Bonchev–Trinajstić information content (AvgIpc) is 3.23. The van der Waals surface area contributed by atoms with Crippen molar-refractivity contribution in [1.82, 2.24) is 20.4 Å². The fourth-order valence-electron chi connectivity index (χ4n) is 4.97. The largest absolute Gasteiger partial charge is 0.483 e. The van der Waals surface area contributed by atoms with Crippen molar-refractivity contribution in [1.29, 1.82) is 0 Å². The van der Waals surface area contributed by atoms with Crippen molar-refractivity contribution < 1.29 is 42.9 Å². The van der Waals surface area contributed by atoms with Gasteiger partial charge in [0.2, 0.25) is 11.8 Å². The molecule has 14 heteroatoms. The lowest BCUT2D eigenvalue weighted by Crippen LogP contribution is -2.54. The summed E-state index contributed by atoms with van der Waals surface area (Å²) in [5, 5.41) is 4.81. The number of carbonyl (C=O) groups excluding carboxylic acids is 5. The molecule has 2 saturated heterocycles. The Hall–Kier alpha value is -3.43. The van der Waals surface area contributed by atoms with Crippen LogP contribution in [-0.4, -0.2) is 124 Å². The standard InChI is InChI=1S/C28H39N5O9/c29-19-6-9-32(10-7-19)11-13-40-15-17-41-16-14-39-12-8-30-24(35)18-42-22-3-1-2-20-25(22)28(38)33(27(20)37)21-4-5-23(34)31-26(21)36/h1-3,19,21H,4-18,29H2,(H,30,35)(H,31,34,36). The molecule has 3 heterocycles. The molecule has 1 aromatic carbocycles. The number of nitrogens with zero attached hydrogens (tertiary/aromatic N) is 2. The zero-order valence-corrected chi connectivity index (χ0v) is 23.6. The molecule has 0 spiro atoms. The SMILES string of the molecule is NC1CCN(CCOCCOCCOCCNC(=O)COc2cccc3c2C(=O)N(C2CCC(=O)NC2=O)C3=O)CC1. The van der Waals surface area contributed by atoms with E-state index in [1.54, 1.807) is 0 Å². The van der Waals surface area contributed by atoms with E-state index in [0.717, 1.165) is 37.4 Å². The Morgan fingerprint density at radius 2 is 1.62 bits per heavy atom. The molecular weight excluding hydrogens is 550 g/mol. The first-order valence-electron chi connectivity index (χ1n) is 14.3. The Morgan fingerprint density at radius 1 is 0.929 bits per heavy atom. The summed E-state index contributed by atoms with van der Waals surface area (Å²) in [6.45, 7) is 5.54. The molecule has 0 aromatic heterocycles. The van der Waals surface area contributed by atoms with Gasteiger partial charge in [-0.05, 0) is 44.5 Å². The van der Waals surface area contributed by atoms with Crippen LogP contribution in [0.4, 0.5) is 0 Å². The predicted molar refractivity (Wildman–Crippen MR) is 148 cm³/mol. The number of imide groups is 2. The summed E-state index contributed by atoms with van der Waals surface area (Å²) in [7, 11) is 0. The summed E-state index contributed by atoms with van der Waals surface area (Å²) in [4.78, 5) is 65.1. The maximum Gasteiger partial charge on any atom is 0.266 e. The van der Waals surface area contributed by atoms with Crippen LogP contribution in [-0.2, 0) is 28.6 Å². The lowest BCUT2D eigenvalue weighted by molar-refractivity contribution is -0.136. The van der Waals surface area contributed by atoms with Crippen LogP contribution >= 0.6 is 0 Å². The quantitative estimate of drug-likeness (QED) is 0.160. The van der Waals surface area contributed by atoms with Gasteiger partial charge in [-0.15, -0.1) is 0 Å². The molecule has 0 radical (unpaired) electrons. The first-order chi connectivity index (χ1) is 20.3. The third-order valence-electron chi connectivity index (χ3n) is 7.29. The lowest BCUT2D eigenvalue weighted by atomic mass is 10.0. The summed E-state index contributed by atoms with van der Waals surface area (Å²) in [6, 6.07) is 3.70. The highest BCUT2D eigenvalue weighted by molar-refractivity contribution is 6.24. The van der Waals surface area contributed by atoms with Gasteiger partial charge in [-0.2, -0.15) is 0 Å². The minimum absolute atomic E-state index is 0.0130. The monoisotopic (exact) mass is 589 g/mol. The Labute approximate surface area is 244 Å². The van der Waals surface area contributed by atoms with Crippen LogP contribution in [0, 0.1) is 0 Å². The van der Waals surface area contributed by atoms with Crippen LogP contribution in [0.15, 0.2) is 18.2 Å². The van der Waals surface area contributed by atoms with Crippen LogP contribution in [0.2, 0.25) is 0 Å². The Bertz CT molecular complexity index is 1140. The molecule has 42 heavy (non-hydrogen) atoms. The van der Waals surface area contributed by atoms with Crippen LogP contribution in [0.3, 0.4) is 0 Å². The van der Waals surface area contributed by atoms with Gasteiger partial charge in [0, 0.05) is 25.6 Å². The predicted octanol–water partition coefficient (Wildman–Crippen LogP) is -0.944. The third kappa shape index (κ3) is 8.55. The van der Waals surface area contributed by atoms with Gasteiger partial charge in [-0.1, -0.05) is 6.07 Å². The number of hydrogen-bond donors (Lipinski definition) is 3. The molecule has 2 fully saturated rings. The van der Waals surface area contributed by atoms with Crippen molar-refractivity contribution in [3.8, 4) is 5.75 Å². The van der Waals surface area contributed by atoms with Gasteiger partial charge in [0.05, 0.1) is 50.8 Å². The van der Waals surface area contributed by atoms with Gasteiger partial charge in [-0.25, -0.2) is 0 Å². The number of likely N-dealkylation sites (tertiary alicyclic amines) is 1. The summed E-state index contributed by atoms with van der Waals surface area (Å²) in [6.07, 6.45) is 2.15. The fraction of sp³-hybridized carbons (Fsp3) is 0.607. The summed E-state index contributed by atoms with van der Waals surface area (Å²) < 4.78 is 22.1. The number of amides is 5. The second kappa shape index (κ2) is 15.7. The van der Waals surface area contributed by atoms with Gasteiger partial charge in [0.25, 0.3) is 17.7 Å². The second-order valence-corrected chi connectivity index (χ2v) is 10.3. The molecule has 1 atom stereocenters. The molecule has 0 saturated carbocycles. The van der Waals surface area contributed by atoms with Crippen molar-refractivity contribution in [2.75, 3.05) is 72.4 Å². The molecule has 14 nitrogen and oxygen atoms in total. The molecule has 1 unspecified atom stereocenters. The molecule has 0 aliphatic carbocycles. The Kier molecular flexibility index (Phi) is 11.8. The van der Waals surface area contributed by atoms with Crippen LogP contribution in [0.5, 0.6) is 5.75 Å². The van der Waals surface area contributed by atoms with Gasteiger partial charge in [0.1, 0.15) is 11.8 Å². The molecule has 1 aromatic rings. The molecule has 3 aliphatic rings. The second-order valence-electron chi connectivity index (χ2n) is 10.3. The van der Waals surface area contributed by atoms with E-state index in [-0.39, 0.29) is 49.5 Å². The first-order valence-corrected chi connectivity index (χ1v) is 14.3. The molecule has 230 valence electrons. The summed E-state index contributed by atoms with van der Waals surface area (Å²) in [5.41, 5.74) is 5.97. The highest BCUT2D eigenvalue weighted by atomic mass is 16.5. The van der Waals surface area contributed by atoms with Crippen molar-refractivity contribution in [2.45, 2.75) is 37.8 Å². The molecule has 4 rings (SSSR count).